The Morgan fingerprint density at radius 2 is 1.74 bits per heavy atom. The van der Waals surface area contributed by atoms with Gasteiger partial charge in [-0.2, -0.15) is 4.31 Å². The number of hydrogen-bond acceptors (Lipinski definition) is 6. The Kier molecular flexibility index (Phi) is 7.55. The molecule has 0 spiro atoms. The highest BCUT2D eigenvalue weighted by atomic mass is 35.5. The van der Waals surface area contributed by atoms with Crippen LogP contribution in [0.15, 0.2) is 47.4 Å². The number of sulfonamides is 1. The van der Waals surface area contributed by atoms with Crippen molar-refractivity contribution in [1.29, 1.82) is 0 Å². The van der Waals surface area contributed by atoms with E-state index < -0.39 is 28.0 Å². The molecule has 1 heterocycles. The van der Waals surface area contributed by atoms with E-state index in [1.165, 1.54) is 47.6 Å². The van der Waals surface area contributed by atoms with E-state index in [1.54, 1.807) is 6.07 Å². The molecule has 1 saturated heterocycles. The van der Waals surface area contributed by atoms with Crippen LogP contribution in [0.25, 0.3) is 0 Å². The maximum atomic E-state index is 12.6. The molecule has 0 bridgehead atoms. The second-order valence-electron chi connectivity index (χ2n) is 6.70. The maximum Gasteiger partial charge on any atom is 0.338 e. The van der Waals surface area contributed by atoms with E-state index in [4.69, 9.17) is 32.7 Å². The van der Waals surface area contributed by atoms with Crippen LogP contribution in [0.1, 0.15) is 17.3 Å². The highest BCUT2D eigenvalue weighted by molar-refractivity contribution is 7.89. The second kappa shape index (κ2) is 9.97. The van der Waals surface area contributed by atoms with Crippen LogP contribution >= 0.6 is 23.2 Å². The molecule has 0 radical (unpaired) electrons. The van der Waals surface area contributed by atoms with Crippen molar-refractivity contribution in [1.82, 2.24) is 4.31 Å². The fourth-order valence-corrected chi connectivity index (χ4v) is 4.55. The molecule has 0 aliphatic carbocycles. The van der Waals surface area contributed by atoms with Gasteiger partial charge >= 0.3 is 5.97 Å². The Bertz CT molecular complexity index is 1070. The number of nitrogens with zero attached hydrogens (tertiary/aromatic N) is 1. The van der Waals surface area contributed by atoms with Crippen molar-refractivity contribution in [3.63, 3.8) is 0 Å². The van der Waals surface area contributed by atoms with E-state index >= 15 is 0 Å². The van der Waals surface area contributed by atoms with Gasteiger partial charge in [0.05, 0.1) is 34.4 Å². The van der Waals surface area contributed by atoms with E-state index in [-0.39, 0.29) is 28.6 Å². The fourth-order valence-electron chi connectivity index (χ4n) is 2.81. The maximum absolute atomic E-state index is 12.6. The first kappa shape index (κ1) is 23.5. The van der Waals surface area contributed by atoms with Gasteiger partial charge in [0.1, 0.15) is 0 Å². The first-order valence-corrected chi connectivity index (χ1v) is 11.5. The number of amides is 1. The first-order chi connectivity index (χ1) is 14.7. The number of benzene rings is 2. The lowest BCUT2D eigenvalue weighted by Crippen LogP contribution is -2.40. The van der Waals surface area contributed by atoms with Crippen molar-refractivity contribution in [2.45, 2.75) is 17.9 Å². The predicted octanol–water partition coefficient (Wildman–Crippen LogP) is 3.20. The Labute approximate surface area is 190 Å². The molecule has 2 aromatic carbocycles. The Morgan fingerprint density at radius 3 is 2.39 bits per heavy atom. The van der Waals surface area contributed by atoms with Gasteiger partial charge in [0.15, 0.2) is 6.10 Å². The first-order valence-electron chi connectivity index (χ1n) is 9.33. The molecule has 1 fully saturated rings. The quantitative estimate of drug-likeness (QED) is 0.628. The molecule has 1 N–H and O–H groups in total. The second-order valence-corrected chi connectivity index (χ2v) is 9.48. The Hall–Kier alpha value is -2.17. The third kappa shape index (κ3) is 5.75. The van der Waals surface area contributed by atoms with Crippen LogP contribution in [-0.4, -0.2) is 57.0 Å². The normalized spacial score (nSPS) is 15.8. The summed E-state index contributed by atoms with van der Waals surface area (Å²) in [5.74, 6) is -1.36. The molecule has 166 valence electrons. The van der Waals surface area contributed by atoms with Crippen molar-refractivity contribution in [2.24, 2.45) is 0 Å². The number of anilines is 1. The molecule has 1 atom stereocenters. The van der Waals surface area contributed by atoms with E-state index in [9.17, 15) is 18.0 Å². The summed E-state index contributed by atoms with van der Waals surface area (Å²) in [6.07, 6.45) is -1.13. The van der Waals surface area contributed by atoms with Gasteiger partial charge in [-0.25, -0.2) is 13.2 Å². The minimum Gasteiger partial charge on any atom is -0.449 e. The Morgan fingerprint density at radius 1 is 1.10 bits per heavy atom. The molecule has 0 saturated carbocycles. The van der Waals surface area contributed by atoms with E-state index in [1.807, 2.05) is 0 Å². The zero-order chi connectivity index (χ0) is 22.6. The number of rotatable bonds is 6. The summed E-state index contributed by atoms with van der Waals surface area (Å²) in [5.41, 5.74) is 0.404. The Balaban J connectivity index is 1.63. The van der Waals surface area contributed by atoms with Gasteiger partial charge in [-0.3, -0.25) is 4.79 Å². The molecular weight excluding hydrogens is 467 g/mol. The van der Waals surface area contributed by atoms with Crippen LogP contribution in [0, 0.1) is 0 Å². The van der Waals surface area contributed by atoms with Gasteiger partial charge in [-0.05, 0) is 49.4 Å². The SMILES string of the molecule is CC(OC(=O)c1ccc(S(=O)(=O)N2CCOCC2)cc1)C(=O)Nc1cc(Cl)ccc1Cl. The van der Waals surface area contributed by atoms with Crippen molar-refractivity contribution in [3.05, 3.63) is 58.1 Å². The van der Waals surface area contributed by atoms with Crippen LogP contribution in [0.2, 0.25) is 10.0 Å². The molecule has 0 aromatic heterocycles. The van der Waals surface area contributed by atoms with Crippen molar-refractivity contribution < 1.29 is 27.5 Å². The summed E-state index contributed by atoms with van der Waals surface area (Å²) >= 11 is 11.9. The lowest BCUT2D eigenvalue weighted by molar-refractivity contribution is -0.123. The molecule has 1 aliphatic rings. The monoisotopic (exact) mass is 486 g/mol. The minimum atomic E-state index is -3.67. The predicted molar refractivity (Wildman–Crippen MR) is 116 cm³/mol. The number of halogens is 2. The molecule has 2 aromatic rings. The average Bonchev–Trinajstić information content (AvgIpc) is 2.76. The van der Waals surface area contributed by atoms with Gasteiger partial charge in [-0.1, -0.05) is 23.2 Å². The zero-order valence-electron chi connectivity index (χ0n) is 16.5. The van der Waals surface area contributed by atoms with Crippen LogP contribution in [0.4, 0.5) is 5.69 Å². The summed E-state index contributed by atoms with van der Waals surface area (Å²) in [5, 5.41) is 3.22. The molecule has 1 unspecified atom stereocenters. The van der Waals surface area contributed by atoms with Crippen molar-refractivity contribution in [3.8, 4) is 0 Å². The molecule has 1 amide bonds. The highest BCUT2D eigenvalue weighted by Gasteiger charge is 2.27. The third-order valence-electron chi connectivity index (χ3n) is 4.54. The number of morpholine rings is 1. The summed E-state index contributed by atoms with van der Waals surface area (Å²) in [4.78, 5) is 24.8. The molecule has 1 aliphatic heterocycles. The van der Waals surface area contributed by atoms with Gasteiger partial charge < -0.3 is 14.8 Å². The van der Waals surface area contributed by atoms with Crippen LogP contribution in [0.3, 0.4) is 0 Å². The number of carbonyl (C=O) groups excluding carboxylic acids is 2. The smallest absolute Gasteiger partial charge is 0.338 e. The number of nitrogens with one attached hydrogen (secondary N) is 1. The molecule has 3 rings (SSSR count). The molecule has 31 heavy (non-hydrogen) atoms. The lowest BCUT2D eigenvalue weighted by atomic mass is 10.2. The summed E-state index contributed by atoms with van der Waals surface area (Å²) in [6.45, 7) is 2.63. The van der Waals surface area contributed by atoms with E-state index in [0.717, 1.165) is 0 Å². The molecular formula is C20H20Cl2N2O6S. The van der Waals surface area contributed by atoms with Crippen LogP contribution in [0.5, 0.6) is 0 Å². The molecule has 8 nitrogen and oxygen atoms in total. The highest BCUT2D eigenvalue weighted by Crippen LogP contribution is 2.25. The lowest BCUT2D eigenvalue weighted by Gasteiger charge is -2.26. The summed E-state index contributed by atoms with van der Waals surface area (Å²) < 4.78 is 37.0. The average molecular weight is 487 g/mol. The summed E-state index contributed by atoms with van der Waals surface area (Å²) in [7, 11) is -3.67. The number of hydrogen-bond donors (Lipinski definition) is 1. The van der Waals surface area contributed by atoms with Gasteiger partial charge in [0.25, 0.3) is 5.91 Å². The number of ether oxygens (including phenoxy) is 2. The standard InChI is InChI=1S/C20H20Cl2N2O6S/c1-13(19(25)23-18-12-15(21)4-7-17(18)22)30-20(26)14-2-5-16(6-3-14)31(27,28)24-8-10-29-11-9-24/h2-7,12-13H,8-11H2,1H3,(H,23,25). The van der Waals surface area contributed by atoms with E-state index in [0.29, 0.717) is 23.9 Å². The number of esters is 1. The minimum absolute atomic E-state index is 0.0624. The zero-order valence-corrected chi connectivity index (χ0v) is 18.8. The topological polar surface area (TPSA) is 102 Å². The van der Waals surface area contributed by atoms with Crippen LogP contribution in [-0.2, 0) is 24.3 Å². The van der Waals surface area contributed by atoms with Gasteiger partial charge in [-0.15, -0.1) is 0 Å². The fraction of sp³-hybridized carbons (Fsp3) is 0.300. The third-order valence-corrected chi connectivity index (χ3v) is 7.01. The number of carbonyl (C=O) groups is 2. The van der Waals surface area contributed by atoms with Crippen LogP contribution < -0.4 is 5.32 Å². The van der Waals surface area contributed by atoms with Crippen molar-refractivity contribution >= 4 is 50.8 Å². The molecule has 11 heteroatoms. The van der Waals surface area contributed by atoms with E-state index in [2.05, 4.69) is 5.32 Å². The van der Waals surface area contributed by atoms with Gasteiger partial charge in [0.2, 0.25) is 10.0 Å². The summed E-state index contributed by atoms with van der Waals surface area (Å²) in [6, 6.07) is 9.93. The van der Waals surface area contributed by atoms with Crippen molar-refractivity contribution in [2.75, 3.05) is 31.6 Å². The largest absolute Gasteiger partial charge is 0.449 e. The van der Waals surface area contributed by atoms with Gasteiger partial charge in [0, 0.05) is 18.1 Å².